The van der Waals surface area contributed by atoms with Crippen LogP contribution in [0, 0.1) is 0 Å². The summed E-state index contributed by atoms with van der Waals surface area (Å²) in [6, 6.07) is 0. The van der Waals surface area contributed by atoms with Crippen LogP contribution < -0.4 is 0 Å². The average molecular weight is 212 g/mol. The van der Waals surface area contributed by atoms with Crippen molar-refractivity contribution >= 4 is 22.2 Å². The number of rotatable bonds is 4. The van der Waals surface area contributed by atoms with Crippen molar-refractivity contribution in [3.05, 3.63) is 0 Å². The summed E-state index contributed by atoms with van der Waals surface area (Å²) in [7, 11) is 2.70. The van der Waals surface area contributed by atoms with Crippen LogP contribution in [0.1, 0.15) is 19.3 Å². The van der Waals surface area contributed by atoms with Crippen molar-refractivity contribution in [2.45, 2.75) is 23.3 Å². The van der Waals surface area contributed by atoms with Crippen LogP contribution in [-0.2, 0) is 30.5 Å². The molecule has 12 heavy (non-hydrogen) atoms. The fraction of sp³-hybridized carbons (Fsp3) is 1.00. The normalized spacial score (nSPS) is 25.8. The fourth-order valence-electron chi connectivity index (χ4n) is 1.16. The minimum Gasteiger partial charge on any atom is -0.293 e. The van der Waals surface area contributed by atoms with Crippen molar-refractivity contribution in [2.75, 3.05) is 14.2 Å². The Morgan fingerprint density at radius 2 is 1.50 bits per heavy atom. The molecule has 0 aromatic carbocycles. The largest absolute Gasteiger partial charge is 0.293 e. The van der Waals surface area contributed by atoms with Crippen molar-refractivity contribution in [3.63, 3.8) is 0 Å². The van der Waals surface area contributed by atoms with E-state index in [-0.39, 0.29) is 0 Å². The maximum absolute atomic E-state index is 11.3. The van der Waals surface area contributed by atoms with Crippen LogP contribution >= 0.6 is 0 Å². The molecule has 0 spiro atoms. The van der Waals surface area contributed by atoms with Gasteiger partial charge in [0, 0.05) is 0 Å². The number of hydrogen-bond donors (Lipinski definition) is 0. The summed E-state index contributed by atoms with van der Waals surface area (Å²) < 4.78 is 31.3. The van der Waals surface area contributed by atoms with Gasteiger partial charge in [-0.3, -0.25) is 8.37 Å². The third-order valence-corrected chi connectivity index (χ3v) is 5.48. The van der Waals surface area contributed by atoms with Gasteiger partial charge in [-0.15, -0.1) is 0 Å². The van der Waals surface area contributed by atoms with Crippen LogP contribution in [0.5, 0.6) is 0 Å². The molecule has 0 bridgehead atoms. The summed E-state index contributed by atoms with van der Waals surface area (Å²) in [5.74, 6) is 0. The van der Waals surface area contributed by atoms with Gasteiger partial charge in [-0.1, -0.05) is 0 Å². The van der Waals surface area contributed by atoms with Gasteiger partial charge >= 0.3 is 0 Å². The van der Waals surface area contributed by atoms with E-state index in [9.17, 15) is 8.42 Å². The SMILES string of the molecule is COS(=O)C1(S(=O)OC)CCC1. The zero-order chi connectivity index (χ0) is 9.19. The van der Waals surface area contributed by atoms with E-state index in [0.717, 1.165) is 6.42 Å². The fourth-order valence-corrected chi connectivity index (χ4v) is 3.86. The van der Waals surface area contributed by atoms with E-state index in [4.69, 9.17) is 0 Å². The standard InChI is InChI=1S/C6H12O4S2/c1-9-11(7)6(4-3-5-6)12(8)10-2/h3-5H2,1-2H3. The Labute approximate surface area is 77.0 Å². The lowest BCUT2D eigenvalue weighted by Crippen LogP contribution is -2.46. The van der Waals surface area contributed by atoms with Gasteiger partial charge in [0.15, 0.2) is 26.2 Å². The molecule has 1 fully saturated rings. The molecule has 1 rings (SSSR count). The second-order valence-electron chi connectivity index (χ2n) is 2.57. The molecule has 0 N–H and O–H groups in total. The number of hydrogen-bond acceptors (Lipinski definition) is 4. The topological polar surface area (TPSA) is 52.6 Å². The highest BCUT2D eigenvalue weighted by molar-refractivity contribution is 8.00. The molecular formula is C6H12O4S2. The molecule has 1 aliphatic rings. The van der Waals surface area contributed by atoms with Gasteiger partial charge in [0.25, 0.3) is 0 Å². The molecule has 72 valence electrons. The lowest BCUT2D eigenvalue weighted by molar-refractivity contribution is 0.352. The molecule has 0 aromatic heterocycles. The molecule has 4 nitrogen and oxygen atoms in total. The monoisotopic (exact) mass is 212 g/mol. The molecule has 2 unspecified atom stereocenters. The Balaban J connectivity index is 2.75. The Kier molecular flexibility index (Phi) is 3.39. The maximum atomic E-state index is 11.3. The first-order valence-corrected chi connectivity index (χ1v) is 5.75. The van der Waals surface area contributed by atoms with Gasteiger partial charge in [-0.2, -0.15) is 0 Å². The first-order chi connectivity index (χ1) is 5.67. The molecule has 0 aliphatic heterocycles. The van der Waals surface area contributed by atoms with Gasteiger partial charge in [-0.25, -0.2) is 8.42 Å². The molecule has 1 saturated carbocycles. The van der Waals surface area contributed by atoms with E-state index >= 15 is 0 Å². The third-order valence-electron chi connectivity index (χ3n) is 2.03. The smallest absolute Gasteiger partial charge is 0.177 e. The first kappa shape index (κ1) is 10.3. The summed E-state index contributed by atoms with van der Waals surface area (Å²) in [6.45, 7) is 0. The van der Waals surface area contributed by atoms with Crippen LogP contribution in [0.25, 0.3) is 0 Å². The molecule has 0 heterocycles. The summed E-state index contributed by atoms with van der Waals surface area (Å²) in [4.78, 5) is 0. The van der Waals surface area contributed by atoms with Crippen LogP contribution in [-0.4, -0.2) is 26.7 Å². The zero-order valence-electron chi connectivity index (χ0n) is 7.07. The summed E-state index contributed by atoms with van der Waals surface area (Å²) >= 11 is -3.00. The Morgan fingerprint density at radius 1 is 1.08 bits per heavy atom. The second-order valence-corrected chi connectivity index (χ2v) is 5.99. The Hall–Kier alpha value is 0.220. The molecule has 0 saturated heterocycles. The van der Waals surface area contributed by atoms with E-state index in [0.29, 0.717) is 12.8 Å². The van der Waals surface area contributed by atoms with Crippen molar-refractivity contribution in [1.82, 2.24) is 0 Å². The van der Waals surface area contributed by atoms with Crippen LogP contribution in [0.2, 0.25) is 0 Å². The van der Waals surface area contributed by atoms with Crippen LogP contribution in [0.15, 0.2) is 0 Å². The van der Waals surface area contributed by atoms with E-state index < -0.39 is 26.2 Å². The molecule has 1 aliphatic carbocycles. The van der Waals surface area contributed by atoms with E-state index in [1.165, 1.54) is 14.2 Å². The Bertz CT molecular complexity index is 194. The molecule has 0 aromatic rings. The minimum atomic E-state index is -1.50. The minimum absolute atomic E-state index is 0.647. The van der Waals surface area contributed by atoms with Crippen molar-refractivity contribution in [3.8, 4) is 0 Å². The Morgan fingerprint density at radius 3 is 1.67 bits per heavy atom. The van der Waals surface area contributed by atoms with Crippen molar-refractivity contribution < 1.29 is 16.8 Å². The maximum Gasteiger partial charge on any atom is 0.177 e. The molecule has 0 amide bonds. The third kappa shape index (κ3) is 1.48. The zero-order valence-corrected chi connectivity index (χ0v) is 8.70. The van der Waals surface area contributed by atoms with Crippen LogP contribution in [0.4, 0.5) is 0 Å². The van der Waals surface area contributed by atoms with Crippen molar-refractivity contribution in [1.29, 1.82) is 0 Å². The first-order valence-electron chi connectivity index (χ1n) is 3.60. The van der Waals surface area contributed by atoms with Gasteiger partial charge in [0.2, 0.25) is 0 Å². The van der Waals surface area contributed by atoms with E-state index in [1.54, 1.807) is 0 Å². The molecule has 6 heteroatoms. The second kappa shape index (κ2) is 3.95. The van der Waals surface area contributed by atoms with Gasteiger partial charge in [0.05, 0.1) is 14.2 Å². The predicted molar refractivity (Wildman–Crippen MR) is 46.9 cm³/mol. The predicted octanol–water partition coefficient (Wildman–Crippen LogP) is 0.487. The highest BCUT2D eigenvalue weighted by Gasteiger charge is 2.50. The lowest BCUT2D eigenvalue weighted by Gasteiger charge is -2.36. The molecular weight excluding hydrogens is 200 g/mol. The summed E-state index contributed by atoms with van der Waals surface area (Å²) in [5, 5.41) is 0. The van der Waals surface area contributed by atoms with Crippen LogP contribution in [0.3, 0.4) is 0 Å². The van der Waals surface area contributed by atoms with Gasteiger partial charge in [-0.05, 0) is 19.3 Å². The molecule has 2 atom stereocenters. The highest BCUT2D eigenvalue weighted by atomic mass is 32.3. The van der Waals surface area contributed by atoms with Gasteiger partial charge < -0.3 is 0 Å². The van der Waals surface area contributed by atoms with Gasteiger partial charge in [0.1, 0.15) is 0 Å². The summed E-state index contributed by atoms with van der Waals surface area (Å²) in [5.41, 5.74) is 0. The van der Waals surface area contributed by atoms with Crippen molar-refractivity contribution in [2.24, 2.45) is 0 Å². The lowest BCUT2D eigenvalue weighted by atomic mass is 9.99. The quantitative estimate of drug-likeness (QED) is 0.680. The summed E-state index contributed by atoms with van der Waals surface area (Å²) in [6.07, 6.45) is 2.23. The van der Waals surface area contributed by atoms with E-state index in [1.807, 2.05) is 0 Å². The highest BCUT2D eigenvalue weighted by Crippen LogP contribution is 2.41. The molecule has 0 radical (unpaired) electrons. The average Bonchev–Trinajstić information content (AvgIpc) is 2.01. The van der Waals surface area contributed by atoms with E-state index in [2.05, 4.69) is 8.37 Å².